The summed E-state index contributed by atoms with van der Waals surface area (Å²) in [5.41, 5.74) is -0.128. The Bertz CT molecular complexity index is 888. The fourth-order valence-corrected chi connectivity index (χ4v) is 4.42. The Labute approximate surface area is 186 Å². The number of piperidine rings is 1. The monoisotopic (exact) mass is 472 g/mol. The lowest BCUT2D eigenvalue weighted by Crippen LogP contribution is -2.52. The Morgan fingerprint density at radius 2 is 1.88 bits per heavy atom. The molecule has 2 aromatic heterocycles. The number of likely N-dealkylation sites (tertiary alicyclic amines) is 1. The van der Waals surface area contributed by atoms with Crippen LogP contribution in [0.1, 0.15) is 35.4 Å². The summed E-state index contributed by atoms with van der Waals surface area (Å²) in [4.78, 5) is 32.7. The number of nitrogens with one attached hydrogen (secondary N) is 1. The van der Waals surface area contributed by atoms with Gasteiger partial charge in [0.1, 0.15) is 0 Å². The quantitative estimate of drug-likeness (QED) is 0.705. The maximum atomic E-state index is 12.5. The highest BCUT2D eigenvalue weighted by Gasteiger charge is 2.41. The molecule has 1 unspecified atom stereocenters. The van der Waals surface area contributed by atoms with Crippen molar-refractivity contribution >= 4 is 29.2 Å². The van der Waals surface area contributed by atoms with Crippen molar-refractivity contribution in [1.29, 1.82) is 0 Å². The van der Waals surface area contributed by atoms with Crippen LogP contribution in [0.15, 0.2) is 36.0 Å². The SMILES string of the molecule is O=C(O)C(F)(F)F.O=C(c1cccs1)N1CCC2(CC1)CC(Nc1ncccn1)CCO2. The second kappa shape index (κ2) is 10.3. The van der Waals surface area contributed by atoms with E-state index in [2.05, 4.69) is 15.3 Å². The van der Waals surface area contributed by atoms with E-state index >= 15 is 0 Å². The molecule has 1 atom stereocenters. The first kappa shape index (κ1) is 23.9. The Hall–Kier alpha value is -2.73. The molecule has 1 amide bonds. The number of hydrogen-bond acceptors (Lipinski definition) is 7. The summed E-state index contributed by atoms with van der Waals surface area (Å²) in [6, 6.07) is 5.96. The highest BCUT2D eigenvalue weighted by atomic mass is 32.1. The van der Waals surface area contributed by atoms with E-state index in [0.29, 0.717) is 12.0 Å². The van der Waals surface area contributed by atoms with Gasteiger partial charge in [0.25, 0.3) is 5.91 Å². The van der Waals surface area contributed by atoms with E-state index in [1.54, 1.807) is 12.4 Å². The van der Waals surface area contributed by atoms with Crippen LogP contribution in [-0.4, -0.2) is 69.4 Å². The van der Waals surface area contributed by atoms with Crippen LogP contribution in [0.2, 0.25) is 0 Å². The lowest BCUT2D eigenvalue weighted by Gasteiger charge is -2.46. The fourth-order valence-electron chi connectivity index (χ4n) is 3.73. The van der Waals surface area contributed by atoms with E-state index < -0.39 is 12.1 Å². The number of carboxylic acid groups (broad SMARTS) is 1. The largest absolute Gasteiger partial charge is 0.490 e. The summed E-state index contributed by atoms with van der Waals surface area (Å²) in [7, 11) is 0. The van der Waals surface area contributed by atoms with Gasteiger partial charge in [0.05, 0.1) is 10.5 Å². The fraction of sp³-hybridized carbons (Fsp3) is 0.500. The third-order valence-electron chi connectivity index (χ3n) is 5.33. The normalized spacial score (nSPS) is 20.2. The minimum atomic E-state index is -5.08. The molecule has 0 bridgehead atoms. The zero-order valence-corrected chi connectivity index (χ0v) is 17.9. The molecule has 1 spiro atoms. The molecule has 0 radical (unpaired) electrons. The van der Waals surface area contributed by atoms with E-state index in [1.165, 1.54) is 11.3 Å². The van der Waals surface area contributed by atoms with Crippen LogP contribution in [0.5, 0.6) is 0 Å². The first-order valence-electron chi connectivity index (χ1n) is 9.99. The number of aliphatic carboxylic acids is 1. The molecule has 4 heterocycles. The van der Waals surface area contributed by atoms with E-state index in [4.69, 9.17) is 14.6 Å². The molecule has 2 saturated heterocycles. The van der Waals surface area contributed by atoms with Crippen molar-refractivity contribution in [3.05, 3.63) is 40.8 Å². The van der Waals surface area contributed by atoms with Gasteiger partial charge >= 0.3 is 12.1 Å². The summed E-state index contributed by atoms with van der Waals surface area (Å²) in [5.74, 6) is -1.93. The Balaban J connectivity index is 0.000000360. The molecule has 8 nitrogen and oxygen atoms in total. The van der Waals surface area contributed by atoms with Crippen molar-refractivity contribution in [2.24, 2.45) is 0 Å². The van der Waals surface area contributed by atoms with Crippen molar-refractivity contribution in [2.75, 3.05) is 25.0 Å². The number of alkyl halides is 3. The number of rotatable bonds is 3. The number of nitrogens with zero attached hydrogens (tertiary/aromatic N) is 3. The molecule has 12 heteroatoms. The van der Waals surface area contributed by atoms with Crippen molar-refractivity contribution in [3.8, 4) is 0 Å². The van der Waals surface area contributed by atoms with E-state index in [9.17, 15) is 18.0 Å². The third kappa shape index (κ3) is 6.39. The lowest BCUT2D eigenvalue weighted by molar-refractivity contribution is -0.192. The van der Waals surface area contributed by atoms with E-state index in [-0.39, 0.29) is 11.5 Å². The predicted molar refractivity (Wildman–Crippen MR) is 111 cm³/mol. The number of ether oxygens (including phenoxy) is 1. The van der Waals surface area contributed by atoms with Gasteiger partial charge in [-0.15, -0.1) is 11.3 Å². The Morgan fingerprint density at radius 1 is 1.22 bits per heavy atom. The van der Waals surface area contributed by atoms with Crippen molar-refractivity contribution in [3.63, 3.8) is 0 Å². The number of anilines is 1. The van der Waals surface area contributed by atoms with Gasteiger partial charge in [-0.3, -0.25) is 4.79 Å². The predicted octanol–water partition coefficient (Wildman–Crippen LogP) is 3.44. The molecule has 174 valence electrons. The van der Waals surface area contributed by atoms with Crippen LogP contribution in [0, 0.1) is 0 Å². The summed E-state index contributed by atoms with van der Waals surface area (Å²) in [6.07, 6.45) is 2.08. The number of carbonyl (C=O) groups is 2. The Morgan fingerprint density at radius 3 is 2.44 bits per heavy atom. The van der Waals surface area contributed by atoms with Crippen LogP contribution in [-0.2, 0) is 9.53 Å². The second-order valence-corrected chi connectivity index (χ2v) is 8.46. The molecule has 4 rings (SSSR count). The standard InChI is InChI=1S/C18H22N4O2S.C2HF3O2/c23-16(15-3-1-12-25-15)22-9-5-18(6-10-22)13-14(4-11-24-18)21-17-19-7-2-8-20-17;3-2(4,5)1(6)7/h1-3,7-8,12,14H,4-6,9-11,13H2,(H,19,20,21);(H,6,7). The Kier molecular flexibility index (Phi) is 7.67. The van der Waals surface area contributed by atoms with Crippen molar-refractivity contribution in [2.45, 2.75) is 43.5 Å². The number of thiophene rings is 1. The maximum absolute atomic E-state index is 12.5. The average Bonchev–Trinajstić information content (AvgIpc) is 3.29. The van der Waals surface area contributed by atoms with Crippen LogP contribution in [0.25, 0.3) is 0 Å². The van der Waals surface area contributed by atoms with Crippen LogP contribution in [0.4, 0.5) is 19.1 Å². The number of halogens is 3. The highest BCUT2D eigenvalue weighted by Crippen LogP contribution is 2.36. The number of amides is 1. The van der Waals surface area contributed by atoms with Crippen LogP contribution in [0.3, 0.4) is 0 Å². The van der Waals surface area contributed by atoms with Crippen LogP contribution >= 0.6 is 11.3 Å². The smallest absolute Gasteiger partial charge is 0.475 e. The summed E-state index contributed by atoms with van der Waals surface area (Å²) >= 11 is 1.51. The van der Waals surface area contributed by atoms with Crippen molar-refractivity contribution in [1.82, 2.24) is 14.9 Å². The van der Waals surface area contributed by atoms with Gasteiger partial charge in [-0.25, -0.2) is 14.8 Å². The minimum absolute atomic E-state index is 0.128. The average molecular weight is 472 g/mol. The summed E-state index contributed by atoms with van der Waals surface area (Å²) in [6.45, 7) is 2.25. The lowest BCUT2D eigenvalue weighted by atomic mass is 9.82. The van der Waals surface area contributed by atoms with Gasteiger partial charge in [-0.05, 0) is 43.2 Å². The van der Waals surface area contributed by atoms with Gasteiger partial charge in [0, 0.05) is 38.1 Å². The first-order chi connectivity index (χ1) is 15.2. The van der Waals surface area contributed by atoms with E-state index in [1.807, 2.05) is 28.5 Å². The van der Waals surface area contributed by atoms with Crippen molar-refractivity contribution < 1.29 is 32.6 Å². The molecule has 32 heavy (non-hydrogen) atoms. The molecule has 0 saturated carbocycles. The van der Waals surface area contributed by atoms with E-state index in [0.717, 1.165) is 50.3 Å². The number of hydrogen-bond donors (Lipinski definition) is 2. The van der Waals surface area contributed by atoms with Gasteiger partial charge in [0.2, 0.25) is 5.95 Å². The maximum Gasteiger partial charge on any atom is 0.490 e. The molecular formula is C20H23F3N4O4S. The third-order valence-corrected chi connectivity index (χ3v) is 6.19. The van der Waals surface area contributed by atoms with Gasteiger partial charge in [-0.2, -0.15) is 13.2 Å². The van der Waals surface area contributed by atoms with Gasteiger partial charge in [-0.1, -0.05) is 6.07 Å². The summed E-state index contributed by atoms with van der Waals surface area (Å²) in [5, 5.41) is 12.5. The molecular weight excluding hydrogens is 449 g/mol. The van der Waals surface area contributed by atoms with Gasteiger partial charge in [0.15, 0.2) is 0 Å². The topological polar surface area (TPSA) is 105 Å². The minimum Gasteiger partial charge on any atom is -0.475 e. The molecule has 2 aliphatic rings. The summed E-state index contributed by atoms with van der Waals surface area (Å²) < 4.78 is 37.9. The molecule has 0 aromatic carbocycles. The molecule has 0 aliphatic carbocycles. The number of carboxylic acids is 1. The molecule has 2 N–H and O–H groups in total. The number of carbonyl (C=O) groups excluding carboxylic acids is 1. The molecule has 2 aromatic rings. The first-order valence-corrected chi connectivity index (χ1v) is 10.9. The molecule has 2 aliphatic heterocycles. The number of aromatic nitrogens is 2. The molecule has 2 fully saturated rings. The van der Waals surface area contributed by atoms with Crippen LogP contribution < -0.4 is 5.32 Å². The highest BCUT2D eigenvalue weighted by molar-refractivity contribution is 7.12. The zero-order valence-electron chi connectivity index (χ0n) is 17.0. The second-order valence-electron chi connectivity index (χ2n) is 7.51. The van der Waals surface area contributed by atoms with Gasteiger partial charge < -0.3 is 20.1 Å². The zero-order chi connectivity index (χ0) is 23.2.